The van der Waals surface area contributed by atoms with Crippen LogP contribution in [0.1, 0.15) is 47.8 Å². The first-order valence-corrected chi connectivity index (χ1v) is 10.5. The number of non-ortho nitro benzene ring substituents is 1. The first-order chi connectivity index (χ1) is 15.6. The zero-order valence-electron chi connectivity index (χ0n) is 19.5. The van der Waals surface area contributed by atoms with Gasteiger partial charge in [-0.1, -0.05) is 39.0 Å². The molecule has 0 saturated carbocycles. The van der Waals surface area contributed by atoms with Gasteiger partial charge in [0.05, 0.1) is 17.7 Å². The van der Waals surface area contributed by atoms with Gasteiger partial charge in [-0.05, 0) is 53.8 Å². The number of hydrogen-bond acceptors (Lipinski definition) is 5. The Hall–Kier alpha value is -3.87. The van der Waals surface area contributed by atoms with Gasteiger partial charge in [0.25, 0.3) is 11.6 Å². The van der Waals surface area contributed by atoms with Crippen molar-refractivity contribution in [2.45, 2.75) is 39.7 Å². The first-order valence-electron chi connectivity index (χ1n) is 10.5. The second-order valence-electron chi connectivity index (χ2n) is 8.80. The summed E-state index contributed by atoms with van der Waals surface area (Å²) in [5, 5.41) is 13.8. The van der Waals surface area contributed by atoms with Crippen LogP contribution in [0.4, 0.5) is 11.4 Å². The van der Waals surface area contributed by atoms with Gasteiger partial charge in [0.2, 0.25) is 0 Å². The number of methoxy groups -OCH3 is 1. The highest BCUT2D eigenvalue weighted by molar-refractivity contribution is 6.05. The number of nitro groups is 1. The van der Waals surface area contributed by atoms with Gasteiger partial charge >= 0.3 is 0 Å². The van der Waals surface area contributed by atoms with E-state index in [1.54, 1.807) is 38.3 Å². The summed E-state index contributed by atoms with van der Waals surface area (Å²) in [6.45, 7) is 8.45. The Labute approximate surface area is 193 Å². The molecule has 7 heteroatoms. The Balaban J connectivity index is 1.77. The monoisotopic (exact) mass is 448 g/mol. The number of nitrogens with zero attached hydrogens (tertiary/aromatic N) is 1. The molecule has 0 aromatic heterocycles. The van der Waals surface area contributed by atoms with E-state index >= 15 is 0 Å². The van der Waals surface area contributed by atoms with Crippen LogP contribution in [-0.2, 0) is 12.0 Å². The van der Waals surface area contributed by atoms with Gasteiger partial charge in [0.1, 0.15) is 18.1 Å². The van der Waals surface area contributed by atoms with Gasteiger partial charge in [-0.25, -0.2) is 0 Å². The lowest BCUT2D eigenvalue weighted by Crippen LogP contribution is -2.14. The summed E-state index contributed by atoms with van der Waals surface area (Å²) in [7, 11) is 1.56. The first kappa shape index (κ1) is 23.8. The fourth-order valence-electron chi connectivity index (χ4n) is 3.30. The van der Waals surface area contributed by atoms with E-state index in [-0.39, 0.29) is 23.6 Å². The van der Waals surface area contributed by atoms with Crippen molar-refractivity contribution in [1.82, 2.24) is 0 Å². The number of rotatable bonds is 7. The zero-order chi connectivity index (χ0) is 24.2. The van der Waals surface area contributed by atoms with Crippen molar-refractivity contribution >= 4 is 17.3 Å². The molecule has 1 amide bonds. The Kier molecular flexibility index (Phi) is 7.01. The molecule has 3 rings (SSSR count). The maximum atomic E-state index is 12.8. The standard InChI is InChI=1S/C26H28N2O5/c1-17-6-10-21(28(30)31)15-23(17)27-25(29)18-7-13-24(32-5)19(14-18)16-33-22-11-8-20(9-12-22)26(2,3)4/h6-15H,16H2,1-5H3,(H,27,29). The SMILES string of the molecule is COc1ccc(C(=O)Nc2cc([N+](=O)[O-])ccc2C)cc1COc1ccc(C(C)(C)C)cc1. The molecular weight excluding hydrogens is 420 g/mol. The second-order valence-corrected chi connectivity index (χ2v) is 8.80. The molecule has 0 aliphatic rings. The quantitative estimate of drug-likeness (QED) is 0.351. The fourth-order valence-corrected chi connectivity index (χ4v) is 3.30. The molecule has 0 atom stereocenters. The van der Waals surface area contributed by atoms with E-state index in [0.717, 1.165) is 5.56 Å². The van der Waals surface area contributed by atoms with Crippen molar-refractivity contribution in [1.29, 1.82) is 0 Å². The minimum Gasteiger partial charge on any atom is -0.496 e. The largest absolute Gasteiger partial charge is 0.496 e. The van der Waals surface area contributed by atoms with Gasteiger partial charge < -0.3 is 14.8 Å². The third kappa shape index (κ3) is 5.88. The predicted octanol–water partition coefficient (Wildman–Crippen LogP) is 6.04. The van der Waals surface area contributed by atoms with Crippen LogP contribution < -0.4 is 14.8 Å². The Morgan fingerprint density at radius 3 is 2.33 bits per heavy atom. The van der Waals surface area contributed by atoms with E-state index in [1.807, 2.05) is 24.3 Å². The molecule has 172 valence electrons. The summed E-state index contributed by atoms with van der Waals surface area (Å²) in [6, 6.07) is 17.3. The van der Waals surface area contributed by atoms with Crippen molar-refractivity contribution in [3.8, 4) is 11.5 Å². The highest BCUT2D eigenvalue weighted by atomic mass is 16.6. The van der Waals surface area contributed by atoms with Crippen molar-refractivity contribution in [2.75, 3.05) is 12.4 Å². The highest BCUT2D eigenvalue weighted by Crippen LogP contribution is 2.27. The summed E-state index contributed by atoms with van der Waals surface area (Å²) in [4.78, 5) is 23.4. The molecule has 3 aromatic carbocycles. The van der Waals surface area contributed by atoms with E-state index in [2.05, 4.69) is 26.1 Å². The number of carbonyl (C=O) groups is 1. The summed E-state index contributed by atoms with van der Waals surface area (Å²) in [5.41, 5.74) is 3.40. The Morgan fingerprint density at radius 2 is 1.73 bits per heavy atom. The average Bonchev–Trinajstić information content (AvgIpc) is 2.78. The number of amides is 1. The maximum Gasteiger partial charge on any atom is 0.271 e. The van der Waals surface area contributed by atoms with Crippen LogP contribution in [0.15, 0.2) is 60.7 Å². The maximum absolute atomic E-state index is 12.8. The van der Waals surface area contributed by atoms with Gasteiger partial charge in [-0.2, -0.15) is 0 Å². The van der Waals surface area contributed by atoms with Crippen molar-refractivity contribution < 1.29 is 19.2 Å². The lowest BCUT2D eigenvalue weighted by Gasteiger charge is -2.19. The molecule has 0 saturated heterocycles. The van der Waals surface area contributed by atoms with Crippen molar-refractivity contribution in [2.24, 2.45) is 0 Å². The highest BCUT2D eigenvalue weighted by Gasteiger charge is 2.16. The van der Waals surface area contributed by atoms with Crippen LogP contribution in [0.25, 0.3) is 0 Å². The van der Waals surface area contributed by atoms with Crippen LogP contribution in [-0.4, -0.2) is 17.9 Å². The number of nitro benzene ring substituents is 1. The summed E-state index contributed by atoms with van der Waals surface area (Å²) >= 11 is 0. The van der Waals surface area contributed by atoms with Crippen LogP contribution in [0, 0.1) is 17.0 Å². The van der Waals surface area contributed by atoms with Crippen molar-refractivity contribution in [3.05, 3.63) is 93.0 Å². The van der Waals surface area contributed by atoms with Crippen LogP contribution in [0.2, 0.25) is 0 Å². The molecule has 0 aliphatic carbocycles. The number of carbonyl (C=O) groups excluding carboxylic acids is 1. The number of hydrogen-bond donors (Lipinski definition) is 1. The third-order valence-corrected chi connectivity index (χ3v) is 5.34. The number of nitrogens with one attached hydrogen (secondary N) is 1. The van der Waals surface area contributed by atoms with E-state index in [4.69, 9.17) is 9.47 Å². The summed E-state index contributed by atoms with van der Waals surface area (Å²) in [6.07, 6.45) is 0. The number of ether oxygens (including phenoxy) is 2. The average molecular weight is 449 g/mol. The van der Waals surface area contributed by atoms with Crippen molar-refractivity contribution in [3.63, 3.8) is 0 Å². The fraction of sp³-hybridized carbons (Fsp3) is 0.269. The second kappa shape index (κ2) is 9.73. The molecule has 0 heterocycles. The normalized spacial score (nSPS) is 11.1. The van der Waals surface area contributed by atoms with Gasteiger partial charge in [0.15, 0.2) is 0 Å². The molecule has 33 heavy (non-hydrogen) atoms. The Bertz CT molecular complexity index is 1160. The molecule has 7 nitrogen and oxygen atoms in total. The molecule has 3 aromatic rings. The molecule has 0 bridgehead atoms. The van der Waals surface area contributed by atoms with Gasteiger partial charge in [-0.3, -0.25) is 14.9 Å². The predicted molar refractivity (Wildman–Crippen MR) is 128 cm³/mol. The number of benzene rings is 3. The molecule has 0 fully saturated rings. The van der Waals surface area contributed by atoms with E-state index in [0.29, 0.717) is 28.3 Å². The zero-order valence-corrected chi connectivity index (χ0v) is 19.5. The van der Waals surface area contributed by atoms with E-state index in [9.17, 15) is 14.9 Å². The molecule has 0 aliphatic heterocycles. The minimum absolute atomic E-state index is 0.0565. The molecule has 1 N–H and O–H groups in total. The summed E-state index contributed by atoms with van der Waals surface area (Å²) in [5.74, 6) is 0.938. The van der Waals surface area contributed by atoms with Crippen LogP contribution >= 0.6 is 0 Å². The summed E-state index contributed by atoms with van der Waals surface area (Å²) < 4.78 is 11.4. The lowest BCUT2D eigenvalue weighted by atomic mass is 9.87. The van der Waals surface area contributed by atoms with Gasteiger partial charge in [0, 0.05) is 23.3 Å². The molecular formula is C26H28N2O5. The molecule has 0 radical (unpaired) electrons. The molecule has 0 spiro atoms. The number of anilines is 1. The van der Waals surface area contributed by atoms with Crippen LogP contribution in [0.3, 0.4) is 0 Å². The minimum atomic E-state index is -0.494. The third-order valence-electron chi connectivity index (χ3n) is 5.34. The molecule has 0 unspecified atom stereocenters. The van der Waals surface area contributed by atoms with E-state index < -0.39 is 4.92 Å². The lowest BCUT2D eigenvalue weighted by molar-refractivity contribution is -0.384. The Morgan fingerprint density at radius 1 is 1.03 bits per heavy atom. The smallest absolute Gasteiger partial charge is 0.271 e. The van der Waals surface area contributed by atoms with E-state index in [1.165, 1.54) is 17.7 Å². The van der Waals surface area contributed by atoms with Gasteiger partial charge in [-0.15, -0.1) is 0 Å². The van der Waals surface area contributed by atoms with Crippen LogP contribution in [0.5, 0.6) is 11.5 Å². The number of aryl methyl sites for hydroxylation is 1. The topological polar surface area (TPSA) is 90.7 Å².